The summed E-state index contributed by atoms with van der Waals surface area (Å²) in [6, 6.07) is 7.32. The van der Waals surface area contributed by atoms with Crippen LogP contribution in [0.1, 0.15) is 18.9 Å². The molecule has 0 aromatic heterocycles. The third-order valence-corrected chi connectivity index (χ3v) is 2.63. The second-order valence-electron chi connectivity index (χ2n) is 3.31. The van der Waals surface area contributed by atoms with Gasteiger partial charge in [-0.2, -0.15) is 0 Å². The summed E-state index contributed by atoms with van der Waals surface area (Å²) in [6.45, 7) is 1.88. The van der Waals surface area contributed by atoms with Gasteiger partial charge in [-0.25, -0.2) is 0 Å². The first-order chi connectivity index (χ1) is 6.62. The Bertz CT molecular complexity index is 308. The van der Waals surface area contributed by atoms with Gasteiger partial charge in [0.25, 0.3) is 0 Å². The molecular formula is C11H13ClO2. The highest BCUT2D eigenvalue weighted by Crippen LogP contribution is 2.28. The number of benzene rings is 1. The second-order valence-corrected chi connectivity index (χ2v) is 3.75. The summed E-state index contributed by atoms with van der Waals surface area (Å²) in [4.78, 5) is 10.5. The highest BCUT2D eigenvalue weighted by atomic mass is 35.5. The van der Waals surface area contributed by atoms with Crippen molar-refractivity contribution in [2.45, 2.75) is 18.9 Å². The van der Waals surface area contributed by atoms with Gasteiger partial charge in [0.2, 0.25) is 0 Å². The maximum absolute atomic E-state index is 10.5. The van der Waals surface area contributed by atoms with Crippen LogP contribution in [0.2, 0.25) is 5.02 Å². The molecule has 0 aliphatic rings. The lowest BCUT2D eigenvalue weighted by atomic mass is 9.93. The van der Waals surface area contributed by atoms with Crippen molar-refractivity contribution in [1.29, 1.82) is 0 Å². The fraction of sp³-hybridized carbons (Fsp3) is 0.364. The average Bonchev–Trinajstić information content (AvgIpc) is 2.19. The van der Waals surface area contributed by atoms with Crippen molar-refractivity contribution in [3.8, 4) is 0 Å². The maximum Gasteiger partial charge on any atom is 0.123 e. The Morgan fingerprint density at radius 1 is 1.43 bits per heavy atom. The Balaban J connectivity index is 2.99. The molecule has 0 amide bonds. The summed E-state index contributed by atoms with van der Waals surface area (Å²) < 4.78 is 5.33. The van der Waals surface area contributed by atoms with Crippen molar-refractivity contribution in [3.63, 3.8) is 0 Å². The molecule has 1 atom stereocenters. The molecule has 0 N–H and O–H groups in total. The average molecular weight is 213 g/mol. The molecule has 14 heavy (non-hydrogen) atoms. The molecule has 0 saturated heterocycles. The van der Waals surface area contributed by atoms with Gasteiger partial charge in [-0.15, -0.1) is 0 Å². The van der Waals surface area contributed by atoms with Gasteiger partial charge < -0.3 is 9.53 Å². The fourth-order valence-corrected chi connectivity index (χ4v) is 1.41. The van der Waals surface area contributed by atoms with Crippen LogP contribution in [-0.2, 0) is 15.1 Å². The number of carbonyl (C=O) groups is 1. The minimum Gasteiger partial charge on any atom is -0.373 e. The van der Waals surface area contributed by atoms with E-state index >= 15 is 0 Å². The third kappa shape index (κ3) is 2.34. The van der Waals surface area contributed by atoms with E-state index in [2.05, 4.69) is 0 Å². The minimum atomic E-state index is -0.549. The standard InChI is InChI=1S/C11H13ClO2/c1-11(14-2,7-8-13)9-3-5-10(12)6-4-9/h3-6,8H,7H2,1-2H3. The van der Waals surface area contributed by atoms with Crippen molar-refractivity contribution in [3.05, 3.63) is 34.9 Å². The van der Waals surface area contributed by atoms with Crippen LogP contribution in [0, 0.1) is 0 Å². The number of ether oxygens (including phenoxy) is 1. The lowest BCUT2D eigenvalue weighted by Crippen LogP contribution is -2.24. The minimum absolute atomic E-state index is 0.338. The number of carbonyl (C=O) groups excluding carboxylic acids is 1. The zero-order valence-electron chi connectivity index (χ0n) is 8.29. The highest BCUT2D eigenvalue weighted by Gasteiger charge is 2.25. The molecule has 0 fully saturated rings. The third-order valence-electron chi connectivity index (χ3n) is 2.38. The summed E-state index contributed by atoms with van der Waals surface area (Å²) >= 11 is 5.77. The van der Waals surface area contributed by atoms with Crippen molar-refractivity contribution in [2.24, 2.45) is 0 Å². The highest BCUT2D eigenvalue weighted by molar-refractivity contribution is 6.30. The van der Waals surface area contributed by atoms with E-state index in [9.17, 15) is 4.79 Å². The van der Waals surface area contributed by atoms with E-state index < -0.39 is 5.60 Å². The van der Waals surface area contributed by atoms with Gasteiger partial charge in [-0.05, 0) is 24.6 Å². The topological polar surface area (TPSA) is 26.3 Å². The normalized spacial score (nSPS) is 14.8. The van der Waals surface area contributed by atoms with Crippen molar-refractivity contribution >= 4 is 17.9 Å². The smallest absolute Gasteiger partial charge is 0.123 e. The number of halogens is 1. The first-order valence-electron chi connectivity index (χ1n) is 4.37. The van der Waals surface area contributed by atoms with Crippen LogP contribution < -0.4 is 0 Å². The molecule has 3 heteroatoms. The Kier molecular flexibility index (Phi) is 3.67. The van der Waals surface area contributed by atoms with Gasteiger partial charge in [0.05, 0.1) is 5.60 Å². The van der Waals surface area contributed by atoms with Gasteiger partial charge in [-0.3, -0.25) is 0 Å². The van der Waals surface area contributed by atoms with E-state index in [0.717, 1.165) is 11.8 Å². The predicted octanol–water partition coefficient (Wildman–Crippen LogP) is 2.79. The first-order valence-corrected chi connectivity index (χ1v) is 4.75. The van der Waals surface area contributed by atoms with Crippen molar-refractivity contribution in [1.82, 2.24) is 0 Å². The molecule has 0 radical (unpaired) electrons. The number of hydrogen-bond acceptors (Lipinski definition) is 2. The Hall–Kier alpha value is -0.860. The molecule has 0 bridgehead atoms. The largest absolute Gasteiger partial charge is 0.373 e. The molecule has 2 nitrogen and oxygen atoms in total. The zero-order chi connectivity index (χ0) is 10.6. The molecule has 0 heterocycles. The van der Waals surface area contributed by atoms with Gasteiger partial charge in [-0.1, -0.05) is 23.7 Å². The van der Waals surface area contributed by atoms with Gasteiger partial charge in [0.1, 0.15) is 6.29 Å². The maximum atomic E-state index is 10.5. The van der Waals surface area contributed by atoms with Crippen LogP contribution in [0.3, 0.4) is 0 Å². The van der Waals surface area contributed by atoms with E-state index in [1.807, 2.05) is 19.1 Å². The summed E-state index contributed by atoms with van der Waals surface area (Å²) in [5, 5.41) is 0.679. The first kappa shape index (κ1) is 11.2. The van der Waals surface area contributed by atoms with Gasteiger partial charge >= 0.3 is 0 Å². The van der Waals surface area contributed by atoms with Crippen LogP contribution in [-0.4, -0.2) is 13.4 Å². The molecule has 1 rings (SSSR count). The summed E-state index contributed by atoms with van der Waals surface area (Å²) in [5.41, 5.74) is 0.406. The molecular weight excluding hydrogens is 200 g/mol. The Labute approximate surface area is 88.8 Å². The molecule has 0 spiro atoms. The quantitative estimate of drug-likeness (QED) is 0.718. The number of methoxy groups -OCH3 is 1. The molecule has 76 valence electrons. The molecule has 1 aromatic carbocycles. The summed E-state index contributed by atoms with van der Waals surface area (Å²) in [5.74, 6) is 0. The molecule has 0 saturated carbocycles. The van der Waals surface area contributed by atoms with Crippen LogP contribution >= 0.6 is 11.6 Å². The molecule has 1 aromatic rings. The van der Waals surface area contributed by atoms with Gasteiger partial charge in [0, 0.05) is 18.6 Å². The van der Waals surface area contributed by atoms with E-state index in [-0.39, 0.29) is 0 Å². The lowest BCUT2D eigenvalue weighted by molar-refractivity contribution is -0.113. The fourth-order valence-electron chi connectivity index (χ4n) is 1.28. The van der Waals surface area contributed by atoms with Crippen LogP contribution in [0.5, 0.6) is 0 Å². The van der Waals surface area contributed by atoms with Crippen molar-refractivity contribution in [2.75, 3.05) is 7.11 Å². The molecule has 0 aliphatic carbocycles. The van der Waals surface area contributed by atoms with Crippen LogP contribution in [0.4, 0.5) is 0 Å². The van der Waals surface area contributed by atoms with E-state index in [1.165, 1.54) is 0 Å². The number of rotatable bonds is 4. The van der Waals surface area contributed by atoms with E-state index in [0.29, 0.717) is 11.4 Å². The van der Waals surface area contributed by atoms with Crippen LogP contribution in [0.15, 0.2) is 24.3 Å². The lowest BCUT2D eigenvalue weighted by Gasteiger charge is -2.26. The Morgan fingerprint density at radius 2 is 2.00 bits per heavy atom. The SMILES string of the molecule is COC(C)(CC=O)c1ccc(Cl)cc1. The monoisotopic (exact) mass is 212 g/mol. The van der Waals surface area contributed by atoms with Gasteiger partial charge in [0.15, 0.2) is 0 Å². The van der Waals surface area contributed by atoms with E-state index in [4.69, 9.17) is 16.3 Å². The number of hydrogen-bond donors (Lipinski definition) is 0. The van der Waals surface area contributed by atoms with Crippen molar-refractivity contribution < 1.29 is 9.53 Å². The molecule has 1 unspecified atom stereocenters. The molecule has 0 aliphatic heterocycles. The number of aldehydes is 1. The Morgan fingerprint density at radius 3 is 2.43 bits per heavy atom. The summed E-state index contributed by atoms with van der Waals surface area (Å²) in [7, 11) is 1.60. The second kappa shape index (κ2) is 4.58. The van der Waals surface area contributed by atoms with E-state index in [1.54, 1.807) is 19.2 Å². The van der Waals surface area contributed by atoms with Crippen LogP contribution in [0.25, 0.3) is 0 Å². The predicted molar refractivity (Wildman–Crippen MR) is 56.5 cm³/mol. The zero-order valence-corrected chi connectivity index (χ0v) is 9.04. The summed E-state index contributed by atoms with van der Waals surface area (Å²) in [6.07, 6.45) is 1.20.